The van der Waals surface area contributed by atoms with Crippen molar-refractivity contribution in [3.8, 4) is 33.4 Å². The van der Waals surface area contributed by atoms with E-state index >= 15 is 0 Å². The van der Waals surface area contributed by atoms with Crippen LogP contribution in [0.15, 0.2) is 85.1 Å². The fourth-order valence-corrected chi connectivity index (χ4v) is 6.29. The minimum absolute atomic E-state index is 0.0948. The molecule has 1 aliphatic rings. The van der Waals surface area contributed by atoms with E-state index in [1.165, 1.54) is 28.7 Å². The fourth-order valence-electron chi connectivity index (χ4n) is 6.29. The van der Waals surface area contributed by atoms with Crippen LogP contribution in [0.25, 0.3) is 33.4 Å². The van der Waals surface area contributed by atoms with E-state index < -0.39 is 0 Å². The minimum Gasteiger partial charge on any atom is -0.346 e. The highest BCUT2D eigenvalue weighted by Gasteiger charge is 2.28. The lowest BCUT2D eigenvalue weighted by Crippen LogP contribution is -2.51. The van der Waals surface area contributed by atoms with Gasteiger partial charge in [-0.15, -0.1) is 0 Å². The van der Waals surface area contributed by atoms with Crippen LogP contribution in [-0.4, -0.2) is 42.0 Å². The number of carbonyl (C=O) groups is 1. The lowest BCUT2D eigenvalue weighted by atomic mass is 9.85. The average molecular weight is 588 g/mol. The summed E-state index contributed by atoms with van der Waals surface area (Å²) in [6.45, 7) is 13.5. The molecule has 1 N–H and O–H groups in total. The summed E-state index contributed by atoms with van der Waals surface area (Å²) in [6.07, 6.45) is 6.33. The summed E-state index contributed by atoms with van der Waals surface area (Å²) in [5.41, 5.74) is 10.1. The van der Waals surface area contributed by atoms with Crippen LogP contribution >= 0.6 is 0 Å². The van der Waals surface area contributed by atoms with Crippen LogP contribution in [0.1, 0.15) is 88.8 Å². The smallest absolute Gasteiger partial charge is 0.270 e. The minimum atomic E-state index is -0.0948. The number of likely N-dealkylation sites (N-methyl/N-ethyl adjacent to an activating group) is 1. The molecule has 4 heteroatoms. The molecule has 1 fully saturated rings. The Morgan fingerprint density at radius 1 is 0.659 bits per heavy atom. The third-order valence-corrected chi connectivity index (χ3v) is 9.14. The number of rotatable bonds is 6. The molecular weight excluding hydrogens is 538 g/mol. The van der Waals surface area contributed by atoms with Gasteiger partial charge in [0.05, 0.1) is 0 Å². The molecule has 1 aromatic heterocycles. The van der Waals surface area contributed by atoms with Gasteiger partial charge in [-0.05, 0) is 101 Å². The van der Waals surface area contributed by atoms with Gasteiger partial charge in [-0.25, -0.2) is 0 Å². The summed E-state index contributed by atoms with van der Waals surface area (Å²) in [7, 11) is 4.20. The molecule has 230 valence electrons. The van der Waals surface area contributed by atoms with Crippen LogP contribution in [0, 0.1) is 0 Å². The maximum Gasteiger partial charge on any atom is 0.270 e. The normalized spacial score (nSPS) is 17.5. The van der Waals surface area contributed by atoms with Gasteiger partial charge in [0.2, 0.25) is 0 Å². The maximum absolute atomic E-state index is 13.2. The summed E-state index contributed by atoms with van der Waals surface area (Å²) in [5.74, 6) is -0.0948. The van der Waals surface area contributed by atoms with Gasteiger partial charge in [0.25, 0.3) is 5.91 Å². The molecule has 0 aliphatic heterocycles. The first-order valence-corrected chi connectivity index (χ1v) is 16.1. The Hall–Kier alpha value is -3.76. The third kappa shape index (κ3) is 7.30. The molecule has 2 atom stereocenters. The first-order valence-electron chi connectivity index (χ1n) is 16.1. The van der Waals surface area contributed by atoms with Crippen molar-refractivity contribution in [2.75, 3.05) is 14.1 Å². The predicted octanol–water partition coefficient (Wildman–Crippen LogP) is 9.28. The van der Waals surface area contributed by atoms with Gasteiger partial charge in [-0.2, -0.15) is 0 Å². The summed E-state index contributed by atoms with van der Waals surface area (Å²) >= 11 is 0. The van der Waals surface area contributed by atoms with Crippen molar-refractivity contribution in [3.05, 3.63) is 102 Å². The second-order valence-electron chi connectivity index (χ2n) is 14.8. The summed E-state index contributed by atoms with van der Waals surface area (Å²) in [6, 6.07) is 29.0. The molecule has 1 aliphatic carbocycles. The Kier molecular flexibility index (Phi) is 9.13. The van der Waals surface area contributed by atoms with Crippen molar-refractivity contribution in [1.82, 2.24) is 15.2 Å². The average Bonchev–Trinajstić information content (AvgIpc) is 3.00. The molecule has 4 nitrogen and oxygen atoms in total. The van der Waals surface area contributed by atoms with Crippen LogP contribution in [0.4, 0.5) is 0 Å². The molecule has 1 saturated carbocycles. The van der Waals surface area contributed by atoms with Gasteiger partial charge in [-0.3, -0.25) is 9.78 Å². The van der Waals surface area contributed by atoms with Gasteiger partial charge >= 0.3 is 0 Å². The largest absolute Gasteiger partial charge is 0.346 e. The zero-order valence-corrected chi connectivity index (χ0v) is 27.9. The van der Waals surface area contributed by atoms with E-state index in [1.54, 1.807) is 0 Å². The number of aromatic nitrogens is 1. The van der Waals surface area contributed by atoms with Gasteiger partial charge < -0.3 is 10.2 Å². The Bertz CT molecular complexity index is 1490. The molecule has 0 saturated heterocycles. The van der Waals surface area contributed by atoms with E-state index in [2.05, 4.69) is 138 Å². The zero-order chi connectivity index (χ0) is 31.6. The lowest BCUT2D eigenvalue weighted by molar-refractivity contribution is 0.0878. The fraction of sp³-hybridized carbons (Fsp3) is 0.400. The van der Waals surface area contributed by atoms with Crippen LogP contribution in [0.2, 0.25) is 0 Å². The zero-order valence-electron chi connectivity index (χ0n) is 27.9. The second kappa shape index (κ2) is 12.7. The van der Waals surface area contributed by atoms with E-state index in [-0.39, 0.29) is 22.8 Å². The van der Waals surface area contributed by atoms with Gasteiger partial charge in [0, 0.05) is 23.8 Å². The van der Waals surface area contributed by atoms with Crippen molar-refractivity contribution >= 4 is 5.91 Å². The molecule has 0 unspecified atom stereocenters. The van der Waals surface area contributed by atoms with Crippen molar-refractivity contribution in [3.63, 3.8) is 0 Å². The second-order valence-corrected chi connectivity index (χ2v) is 14.8. The highest BCUT2D eigenvalue weighted by Crippen LogP contribution is 2.35. The number of benzene rings is 3. The molecule has 5 rings (SSSR count). The van der Waals surface area contributed by atoms with Crippen LogP contribution in [-0.2, 0) is 10.8 Å². The maximum atomic E-state index is 13.2. The molecule has 1 heterocycles. The molecule has 4 aromatic rings. The van der Waals surface area contributed by atoms with Crippen molar-refractivity contribution in [2.45, 2.75) is 90.1 Å². The molecular formula is C40H49N3O. The third-order valence-electron chi connectivity index (χ3n) is 9.14. The van der Waals surface area contributed by atoms with Crippen LogP contribution < -0.4 is 5.32 Å². The number of nitrogens with one attached hydrogen (secondary N) is 1. The Balaban J connectivity index is 1.47. The molecule has 0 bridgehead atoms. The quantitative estimate of drug-likeness (QED) is 0.245. The summed E-state index contributed by atoms with van der Waals surface area (Å²) in [5, 5.41) is 3.27. The molecule has 0 spiro atoms. The first-order chi connectivity index (χ1) is 20.8. The highest BCUT2D eigenvalue weighted by atomic mass is 16.2. The van der Waals surface area contributed by atoms with Crippen LogP contribution in [0.3, 0.4) is 0 Å². The monoisotopic (exact) mass is 587 g/mol. The highest BCUT2D eigenvalue weighted by molar-refractivity contribution is 5.93. The summed E-state index contributed by atoms with van der Waals surface area (Å²) in [4.78, 5) is 20.1. The number of amides is 1. The van der Waals surface area contributed by atoms with Crippen LogP contribution in [0.5, 0.6) is 0 Å². The van der Waals surface area contributed by atoms with Crippen molar-refractivity contribution in [1.29, 1.82) is 0 Å². The number of pyridine rings is 1. The Morgan fingerprint density at radius 3 is 1.55 bits per heavy atom. The van der Waals surface area contributed by atoms with E-state index in [1.807, 2.05) is 18.3 Å². The van der Waals surface area contributed by atoms with Gasteiger partial charge in [-0.1, -0.05) is 109 Å². The van der Waals surface area contributed by atoms with E-state index in [9.17, 15) is 4.79 Å². The number of hydrogen-bond donors (Lipinski definition) is 1. The number of nitrogens with zero attached hydrogens (tertiary/aromatic N) is 2. The number of hydrogen-bond acceptors (Lipinski definition) is 3. The van der Waals surface area contributed by atoms with Crippen molar-refractivity contribution < 1.29 is 4.79 Å². The predicted molar refractivity (Wildman–Crippen MR) is 185 cm³/mol. The molecule has 44 heavy (non-hydrogen) atoms. The lowest BCUT2D eigenvalue weighted by Gasteiger charge is -2.36. The number of carbonyl (C=O) groups excluding carboxylic acids is 1. The molecule has 3 aromatic carbocycles. The molecule has 0 radical (unpaired) electrons. The van der Waals surface area contributed by atoms with E-state index in [0.29, 0.717) is 11.7 Å². The standard InChI is InChI=1S/C40H49N3O/c1-39(2,3)33-18-13-27(14-19-33)30-23-31(28-15-20-34(21-16-28)40(4,5)6)25-32(24-30)29-17-22-36(41-26-29)38(44)42-35-11-9-10-12-37(35)43(7)8/h13-26,35,37H,9-12H2,1-8H3,(H,42,44)/t35-,37-/m0/s1. The topological polar surface area (TPSA) is 45.2 Å². The Labute approximate surface area is 264 Å². The van der Waals surface area contributed by atoms with Crippen molar-refractivity contribution in [2.24, 2.45) is 0 Å². The summed E-state index contributed by atoms with van der Waals surface area (Å²) < 4.78 is 0. The Morgan fingerprint density at radius 2 is 1.11 bits per heavy atom. The molecule has 1 amide bonds. The van der Waals surface area contributed by atoms with Gasteiger partial charge in [0.15, 0.2) is 0 Å². The van der Waals surface area contributed by atoms with Gasteiger partial charge in [0.1, 0.15) is 5.69 Å². The van der Waals surface area contributed by atoms with E-state index in [0.717, 1.165) is 41.5 Å². The first kappa shape index (κ1) is 31.7. The van der Waals surface area contributed by atoms with E-state index in [4.69, 9.17) is 0 Å². The SMILES string of the molecule is CN(C)[C@H]1CCCC[C@@H]1NC(=O)c1ccc(-c2cc(-c3ccc(C(C)(C)C)cc3)cc(-c3ccc(C(C)(C)C)cc3)c2)cn1.